The lowest BCUT2D eigenvalue weighted by atomic mass is 9.52. The zero-order valence-corrected chi connectivity index (χ0v) is 22.9. The van der Waals surface area contributed by atoms with Crippen molar-refractivity contribution in [2.45, 2.75) is 50.7 Å². The minimum absolute atomic E-state index is 0.0100. The first-order valence-electron chi connectivity index (χ1n) is 13.2. The summed E-state index contributed by atoms with van der Waals surface area (Å²) < 4.78 is 0. The summed E-state index contributed by atoms with van der Waals surface area (Å²) in [5.74, 6) is -4.67. The number of nitrogens with zero attached hydrogens (tertiary/aromatic N) is 2. The van der Waals surface area contributed by atoms with E-state index in [-0.39, 0.29) is 29.7 Å². The van der Waals surface area contributed by atoms with Crippen LogP contribution in [0.5, 0.6) is 5.75 Å². The Hall–Kier alpha value is -3.55. The molecule has 0 radical (unpaired) electrons. The third-order valence-electron chi connectivity index (χ3n) is 8.40. The number of anilines is 1. The second-order valence-corrected chi connectivity index (χ2v) is 11.2. The fourth-order valence-electron chi connectivity index (χ4n) is 6.57. The highest BCUT2D eigenvalue weighted by Gasteiger charge is 2.69. The summed E-state index contributed by atoms with van der Waals surface area (Å²) in [4.78, 5) is 69.9. The molecule has 3 aliphatic carbocycles. The number of hydrogen-bond donors (Lipinski definition) is 3. The number of nitrogens with two attached hydrogens (primary N) is 1. The Kier molecular flexibility index (Phi) is 7.45. The van der Waals surface area contributed by atoms with E-state index in [1.54, 1.807) is 39.2 Å². The maximum absolute atomic E-state index is 14.0. The predicted octanol–water partition coefficient (Wildman–Crippen LogP) is 0.475. The van der Waals surface area contributed by atoms with Crippen molar-refractivity contribution in [3.05, 3.63) is 22.8 Å². The molecule has 2 saturated carbocycles. The minimum Gasteiger partial charge on any atom is -0.506 e. The Balaban J connectivity index is 1.87. The second-order valence-electron chi connectivity index (χ2n) is 11.2. The quantitative estimate of drug-likeness (QED) is 0.276. The number of rotatable bonds is 5. The van der Waals surface area contributed by atoms with Crippen molar-refractivity contribution in [3.8, 4) is 17.6 Å². The lowest BCUT2D eigenvalue weighted by molar-refractivity contribution is -0.181. The highest BCUT2D eigenvalue weighted by atomic mass is 16.3. The van der Waals surface area contributed by atoms with Gasteiger partial charge in [-0.2, -0.15) is 0 Å². The lowest BCUT2D eigenvalue weighted by Crippen LogP contribution is -2.74. The summed E-state index contributed by atoms with van der Waals surface area (Å²) in [5, 5.41) is 22.9. The van der Waals surface area contributed by atoms with Gasteiger partial charge in [-0.3, -0.25) is 28.9 Å². The smallest absolute Gasteiger partial charge is 0.235 e. The highest BCUT2D eigenvalue weighted by molar-refractivity contribution is 6.32. The summed E-state index contributed by atoms with van der Waals surface area (Å²) in [6.45, 7) is 2.04. The van der Waals surface area contributed by atoms with Crippen LogP contribution in [0, 0.1) is 35.5 Å². The number of aromatic hydroxyl groups is 1. The number of ketones is 4. The molecule has 0 aliphatic heterocycles. The van der Waals surface area contributed by atoms with Crippen molar-refractivity contribution < 1.29 is 34.2 Å². The molecule has 1 aromatic carbocycles. The van der Waals surface area contributed by atoms with Gasteiger partial charge < -0.3 is 20.8 Å². The number of carbonyl (C=O) groups excluding carboxylic acids is 5. The summed E-state index contributed by atoms with van der Waals surface area (Å²) in [6, 6.07) is 0.587. The molecule has 4 N–H and O–H groups in total. The fraction of sp³-hybridized carbons (Fsp3) is 0.552. The number of carbonyl (C=O) groups is 5. The minimum atomic E-state index is -2.74. The van der Waals surface area contributed by atoms with Crippen molar-refractivity contribution in [2.24, 2.45) is 29.4 Å². The summed E-state index contributed by atoms with van der Waals surface area (Å²) in [5.41, 5.74) is 4.03. The molecular weight excluding hydrogens is 502 g/mol. The Morgan fingerprint density at radius 1 is 1.15 bits per heavy atom. The van der Waals surface area contributed by atoms with Crippen LogP contribution in [-0.4, -0.2) is 84.0 Å². The number of phenols is 1. The standard InChI is InChI=1S/C29H35N3O7/c1-6-7-8-9-10-14-13-18(31(2)3)16-11-15-12-17-22(32(4)5)25(35)21(28(30)38)27(37)29(17,39)26(36)19(15)24(34)20(16)23(14)33/h13,15,17,19,21-22,33,39H,6-8,11-12H2,1-5H3,(H2,30,38)/t15-,17-,19?,21?,22-,29-/m1/s1. The van der Waals surface area contributed by atoms with Gasteiger partial charge in [0.2, 0.25) is 5.91 Å². The molecule has 4 rings (SSSR count). The van der Waals surface area contributed by atoms with E-state index < -0.39 is 64.4 Å². The van der Waals surface area contributed by atoms with Crippen LogP contribution in [0.3, 0.4) is 0 Å². The van der Waals surface area contributed by atoms with E-state index in [0.29, 0.717) is 17.7 Å². The number of primary amides is 1. The average molecular weight is 538 g/mol. The Morgan fingerprint density at radius 2 is 1.82 bits per heavy atom. The Bertz CT molecular complexity index is 1340. The van der Waals surface area contributed by atoms with E-state index in [4.69, 9.17) is 5.73 Å². The zero-order valence-electron chi connectivity index (χ0n) is 22.9. The van der Waals surface area contributed by atoms with Crippen LogP contribution >= 0.6 is 0 Å². The lowest BCUT2D eigenvalue weighted by Gasteiger charge is -2.52. The molecule has 0 spiro atoms. The SMILES string of the molecule is CCCCC#Cc1cc(N(C)C)c2c(c1O)C(=O)C1C(=O)[C@@]3(O)C(=O)C(C(N)=O)C(=O)[C@H](N(C)C)[C@H]3C[C@H]1C2. The van der Waals surface area contributed by atoms with Gasteiger partial charge in [-0.05, 0) is 50.9 Å². The number of amides is 1. The van der Waals surface area contributed by atoms with E-state index in [2.05, 4.69) is 11.8 Å². The third-order valence-corrected chi connectivity index (χ3v) is 8.40. The van der Waals surface area contributed by atoms with Gasteiger partial charge in [0.15, 0.2) is 34.7 Å². The van der Waals surface area contributed by atoms with Gasteiger partial charge in [0.05, 0.1) is 23.1 Å². The van der Waals surface area contributed by atoms with Gasteiger partial charge in [-0.1, -0.05) is 25.2 Å². The topological polar surface area (TPSA) is 158 Å². The zero-order chi connectivity index (χ0) is 29.0. The van der Waals surface area contributed by atoms with Gasteiger partial charge in [-0.25, -0.2) is 0 Å². The number of benzene rings is 1. The van der Waals surface area contributed by atoms with E-state index in [9.17, 15) is 34.2 Å². The first kappa shape index (κ1) is 28.5. The van der Waals surface area contributed by atoms with Crippen molar-refractivity contribution >= 4 is 34.7 Å². The molecule has 6 atom stereocenters. The molecule has 0 bridgehead atoms. The largest absolute Gasteiger partial charge is 0.506 e. The van der Waals surface area contributed by atoms with Crippen LogP contribution < -0.4 is 10.6 Å². The van der Waals surface area contributed by atoms with Gasteiger partial charge in [0, 0.05) is 32.1 Å². The van der Waals surface area contributed by atoms with E-state index in [1.165, 1.54) is 4.90 Å². The van der Waals surface area contributed by atoms with Crippen LogP contribution in [0.25, 0.3) is 0 Å². The third kappa shape index (κ3) is 4.24. The Labute approximate surface area is 227 Å². The van der Waals surface area contributed by atoms with Crippen molar-refractivity contribution in [1.29, 1.82) is 0 Å². The fourth-order valence-corrected chi connectivity index (χ4v) is 6.57. The Morgan fingerprint density at radius 3 is 2.38 bits per heavy atom. The molecule has 10 nitrogen and oxygen atoms in total. The first-order valence-corrected chi connectivity index (χ1v) is 13.2. The molecule has 0 aromatic heterocycles. The molecule has 1 aromatic rings. The van der Waals surface area contributed by atoms with E-state index >= 15 is 0 Å². The maximum atomic E-state index is 14.0. The van der Waals surface area contributed by atoms with Crippen LogP contribution in [0.1, 0.15) is 54.1 Å². The molecule has 39 heavy (non-hydrogen) atoms. The number of fused-ring (bicyclic) bond motifs is 3. The molecular formula is C29H35N3O7. The molecule has 0 heterocycles. The average Bonchev–Trinajstić information content (AvgIpc) is 2.84. The van der Waals surface area contributed by atoms with Crippen LogP contribution in [-0.2, 0) is 25.6 Å². The van der Waals surface area contributed by atoms with Gasteiger partial charge in [0.25, 0.3) is 0 Å². The normalized spacial score (nSPS) is 29.8. The number of aliphatic hydroxyl groups is 1. The molecule has 3 aliphatic rings. The van der Waals surface area contributed by atoms with E-state index in [1.807, 2.05) is 6.92 Å². The van der Waals surface area contributed by atoms with Crippen molar-refractivity contribution in [2.75, 3.05) is 33.1 Å². The van der Waals surface area contributed by atoms with Crippen LogP contribution in [0.2, 0.25) is 0 Å². The second kappa shape index (κ2) is 10.2. The number of hydrogen-bond acceptors (Lipinski definition) is 9. The van der Waals surface area contributed by atoms with Gasteiger partial charge >= 0.3 is 0 Å². The van der Waals surface area contributed by atoms with Crippen LogP contribution in [0.4, 0.5) is 5.69 Å². The molecule has 10 heteroatoms. The molecule has 1 amide bonds. The first-order chi connectivity index (χ1) is 18.3. The van der Waals surface area contributed by atoms with Crippen molar-refractivity contribution in [3.63, 3.8) is 0 Å². The molecule has 0 saturated heterocycles. The highest BCUT2D eigenvalue weighted by Crippen LogP contribution is 2.52. The van der Waals surface area contributed by atoms with Gasteiger partial charge in [0.1, 0.15) is 5.75 Å². The van der Waals surface area contributed by atoms with Crippen LogP contribution in [0.15, 0.2) is 6.07 Å². The monoisotopic (exact) mass is 537 g/mol. The number of phenolic OH excluding ortho intramolecular Hbond substituents is 1. The summed E-state index contributed by atoms with van der Waals surface area (Å²) >= 11 is 0. The van der Waals surface area contributed by atoms with Gasteiger partial charge in [-0.15, -0.1) is 0 Å². The molecule has 208 valence electrons. The number of unbranched alkanes of at least 4 members (excludes halogenated alkanes) is 2. The number of likely N-dealkylation sites (N-methyl/N-ethyl adjacent to an activating group) is 1. The summed E-state index contributed by atoms with van der Waals surface area (Å²) in [6.07, 6.45) is 2.67. The molecule has 2 unspecified atom stereocenters. The maximum Gasteiger partial charge on any atom is 0.235 e. The summed E-state index contributed by atoms with van der Waals surface area (Å²) in [7, 11) is 6.71. The molecule has 2 fully saturated rings. The van der Waals surface area contributed by atoms with Crippen molar-refractivity contribution in [1.82, 2.24) is 4.90 Å². The predicted molar refractivity (Wildman–Crippen MR) is 142 cm³/mol. The number of Topliss-reactive ketones (excluding diaryl/α,β-unsaturated/α-hetero) is 4. The van der Waals surface area contributed by atoms with E-state index in [0.717, 1.165) is 12.8 Å².